The lowest BCUT2D eigenvalue weighted by atomic mass is 9.96. The molecule has 0 unspecified atom stereocenters. The summed E-state index contributed by atoms with van der Waals surface area (Å²) < 4.78 is 7.27. The maximum atomic E-state index is 12.7. The van der Waals surface area contributed by atoms with E-state index in [1.54, 1.807) is 23.3 Å². The molecule has 1 aromatic carbocycles. The molecule has 2 heterocycles. The molecule has 0 spiro atoms. The summed E-state index contributed by atoms with van der Waals surface area (Å²) in [7, 11) is 0. The summed E-state index contributed by atoms with van der Waals surface area (Å²) in [4.78, 5) is 16.7. The summed E-state index contributed by atoms with van der Waals surface area (Å²) in [6.07, 6.45) is 14.8. The quantitative estimate of drug-likeness (QED) is 0.723. The number of rotatable bonds is 2. The first-order valence-corrected chi connectivity index (χ1v) is 7.23. The molecular formula is C18H14N2O2. The summed E-state index contributed by atoms with van der Waals surface area (Å²) in [5, 5.41) is 0.596. The highest BCUT2D eigenvalue weighted by Gasteiger charge is 2.11. The van der Waals surface area contributed by atoms with Gasteiger partial charge in [-0.3, -0.25) is 4.79 Å². The average Bonchev–Trinajstić information content (AvgIpc) is 3.10. The molecule has 1 aliphatic carbocycles. The molecule has 4 heteroatoms. The van der Waals surface area contributed by atoms with E-state index in [-0.39, 0.29) is 5.43 Å². The van der Waals surface area contributed by atoms with Crippen LogP contribution in [0.3, 0.4) is 0 Å². The zero-order valence-electron chi connectivity index (χ0n) is 11.9. The van der Waals surface area contributed by atoms with Gasteiger partial charge in [-0.25, -0.2) is 4.98 Å². The molecule has 0 atom stereocenters. The third-order valence-electron chi connectivity index (χ3n) is 3.92. The minimum atomic E-state index is -0.0481. The third-order valence-corrected chi connectivity index (χ3v) is 3.92. The fourth-order valence-corrected chi connectivity index (χ4v) is 2.74. The molecule has 108 valence electrons. The SMILES string of the molecule is O=c1c(-n2ccnc2)coc2ccc(C3=CC=CCC3)cc12. The van der Waals surface area contributed by atoms with Crippen LogP contribution < -0.4 is 5.43 Å². The number of hydrogen-bond acceptors (Lipinski definition) is 3. The average molecular weight is 290 g/mol. The van der Waals surface area contributed by atoms with Crippen LogP contribution >= 0.6 is 0 Å². The number of nitrogens with zero attached hydrogens (tertiary/aromatic N) is 2. The topological polar surface area (TPSA) is 48.0 Å². The van der Waals surface area contributed by atoms with Gasteiger partial charge in [0, 0.05) is 12.4 Å². The smallest absolute Gasteiger partial charge is 0.216 e. The zero-order chi connectivity index (χ0) is 14.9. The van der Waals surface area contributed by atoms with Gasteiger partial charge in [0.25, 0.3) is 0 Å². The third kappa shape index (κ3) is 2.09. The van der Waals surface area contributed by atoms with Crippen LogP contribution in [0.4, 0.5) is 0 Å². The van der Waals surface area contributed by atoms with E-state index in [0.29, 0.717) is 16.7 Å². The van der Waals surface area contributed by atoms with E-state index in [4.69, 9.17) is 4.42 Å². The van der Waals surface area contributed by atoms with Gasteiger partial charge in [-0.05, 0) is 36.1 Å². The molecular weight excluding hydrogens is 276 g/mol. The Labute approximate surface area is 127 Å². The monoisotopic (exact) mass is 290 g/mol. The van der Waals surface area contributed by atoms with Gasteiger partial charge in [0.1, 0.15) is 17.5 Å². The Hall–Kier alpha value is -2.88. The van der Waals surface area contributed by atoms with E-state index < -0.39 is 0 Å². The van der Waals surface area contributed by atoms with Gasteiger partial charge >= 0.3 is 0 Å². The number of benzene rings is 1. The lowest BCUT2D eigenvalue weighted by Crippen LogP contribution is -2.10. The van der Waals surface area contributed by atoms with Gasteiger partial charge in [0.15, 0.2) is 0 Å². The van der Waals surface area contributed by atoms with E-state index in [1.165, 1.54) is 11.8 Å². The van der Waals surface area contributed by atoms with Crippen LogP contribution in [0.2, 0.25) is 0 Å². The molecule has 0 saturated heterocycles. The van der Waals surface area contributed by atoms with Crippen LogP contribution in [0.25, 0.3) is 22.2 Å². The van der Waals surface area contributed by atoms with Gasteiger partial charge in [-0.15, -0.1) is 0 Å². The molecule has 22 heavy (non-hydrogen) atoms. The minimum Gasteiger partial charge on any atom is -0.462 e. The molecule has 0 saturated carbocycles. The van der Waals surface area contributed by atoms with E-state index in [1.807, 2.05) is 18.2 Å². The second-order valence-electron chi connectivity index (χ2n) is 5.29. The Morgan fingerprint density at radius 3 is 3.00 bits per heavy atom. The first-order chi connectivity index (χ1) is 10.8. The van der Waals surface area contributed by atoms with Crippen LogP contribution in [-0.4, -0.2) is 9.55 Å². The predicted molar refractivity (Wildman–Crippen MR) is 86.0 cm³/mol. The molecule has 0 radical (unpaired) electrons. The van der Waals surface area contributed by atoms with Crippen LogP contribution in [0, 0.1) is 0 Å². The van der Waals surface area contributed by atoms with E-state index in [9.17, 15) is 4.79 Å². The van der Waals surface area contributed by atoms with Gasteiger partial charge in [0.2, 0.25) is 5.43 Å². The number of allylic oxidation sites excluding steroid dienone is 4. The van der Waals surface area contributed by atoms with Crippen LogP contribution in [0.1, 0.15) is 18.4 Å². The number of aromatic nitrogens is 2. The number of imidazole rings is 1. The Kier molecular flexibility index (Phi) is 3.00. The van der Waals surface area contributed by atoms with E-state index in [2.05, 4.69) is 23.2 Å². The van der Waals surface area contributed by atoms with Gasteiger partial charge in [-0.1, -0.05) is 24.3 Å². The summed E-state index contributed by atoms with van der Waals surface area (Å²) in [5.74, 6) is 0. The molecule has 0 amide bonds. The normalized spacial score (nSPS) is 14.3. The van der Waals surface area contributed by atoms with Gasteiger partial charge in [0.05, 0.1) is 11.7 Å². The number of hydrogen-bond donors (Lipinski definition) is 0. The molecule has 0 N–H and O–H groups in total. The van der Waals surface area contributed by atoms with Gasteiger partial charge in [-0.2, -0.15) is 0 Å². The standard InChI is InChI=1S/C18H14N2O2/c21-18-15-10-14(13-4-2-1-3-5-13)6-7-17(15)22-11-16(18)20-9-8-19-12-20/h1-2,4,6-12H,3,5H2. The van der Waals surface area contributed by atoms with Crippen molar-refractivity contribution in [2.24, 2.45) is 0 Å². The van der Waals surface area contributed by atoms with Crippen LogP contribution in [0.15, 0.2) is 70.6 Å². The Morgan fingerprint density at radius 1 is 1.27 bits per heavy atom. The van der Waals surface area contributed by atoms with Crippen molar-refractivity contribution >= 4 is 16.5 Å². The lowest BCUT2D eigenvalue weighted by Gasteiger charge is -2.10. The zero-order valence-corrected chi connectivity index (χ0v) is 11.9. The van der Waals surface area contributed by atoms with Crippen molar-refractivity contribution in [3.63, 3.8) is 0 Å². The first-order valence-electron chi connectivity index (χ1n) is 7.23. The van der Waals surface area contributed by atoms with Crippen LogP contribution in [-0.2, 0) is 0 Å². The van der Waals surface area contributed by atoms with E-state index >= 15 is 0 Å². The van der Waals surface area contributed by atoms with Crippen molar-refractivity contribution in [1.29, 1.82) is 0 Å². The molecule has 3 aromatic rings. The highest BCUT2D eigenvalue weighted by molar-refractivity contribution is 5.83. The van der Waals surface area contributed by atoms with Crippen molar-refractivity contribution in [3.05, 3.63) is 77.2 Å². The summed E-state index contributed by atoms with van der Waals surface area (Å²) in [5.41, 5.74) is 3.35. The van der Waals surface area contributed by atoms with Crippen molar-refractivity contribution in [1.82, 2.24) is 9.55 Å². The van der Waals surface area contributed by atoms with Crippen molar-refractivity contribution < 1.29 is 4.42 Å². The maximum absolute atomic E-state index is 12.7. The molecule has 0 aliphatic heterocycles. The Balaban J connectivity index is 1.91. The van der Waals surface area contributed by atoms with Gasteiger partial charge < -0.3 is 8.98 Å². The summed E-state index contributed by atoms with van der Waals surface area (Å²) in [6, 6.07) is 5.79. The number of fused-ring (bicyclic) bond motifs is 1. The summed E-state index contributed by atoms with van der Waals surface area (Å²) >= 11 is 0. The van der Waals surface area contributed by atoms with E-state index in [0.717, 1.165) is 18.4 Å². The molecule has 4 rings (SSSR count). The first kappa shape index (κ1) is 12.8. The van der Waals surface area contributed by atoms with Crippen LogP contribution in [0.5, 0.6) is 0 Å². The largest absolute Gasteiger partial charge is 0.462 e. The highest BCUT2D eigenvalue weighted by Crippen LogP contribution is 2.26. The Morgan fingerprint density at radius 2 is 2.23 bits per heavy atom. The van der Waals surface area contributed by atoms with Crippen molar-refractivity contribution in [2.75, 3.05) is 0 Å². The Bertz CT molecular complexity index is 947. The molecule has 1 aliphatic rings. The predicted octanol–water partition coefficient (Wildman–Crippen LogP) is 3.71. The fraction of sp³-hybridized carbons (Fsp3) is 0.111. The molecule has 0 bridgehead atoms. The maximum Gasteiger partial charge on any atom is 0.216 e. The highest BCUT2D eigenvalue weighted by atomic mass is 16.3. The molecule has 4 nitrogen and oxygen atoms in total. The lowest BCUT2D eigenvalue weighted by molar-refractivity contribution is 0.597. The summed E-state index contributed by atoms with van der Waals surface area (Å²) in [6.45, 7) is 0. The molecule has 2 aromatic heterocycles. The molecule has 0 fully saturated rings. The minimum absolute atomic E-state index is 0.0481. The second kappa shape index (κ2) is 5.15. The van der Waals surface area contributed by atoms with Crippen molar-refractivity contribution in [3.8, 4) is 5.69 Å². The fourth-order valence-electron chi connectivity index (χ4n) is 2.74. The van der Waals surface area contributed by atoms with Crippen molar-refractivity contribution in [2.45, 2.75) is 12.8 Å². The second-order valence-corrected chi connectivity index (χ2v) is 5.29.